The molecule has 0 saturated heterocycles. The van der Waals surface area contributed by atoms with Crippen molar-refractivity contribution >= 4 is 17.8 Å². The van der Waals surface area contributed by atoms with Gasteiger partial charge in [-0.2, -0.15) is 18.3 Å². The van der Waals surface area contributed by atoms with Gasteiger partial charge in [0.1, 0.15) is 17.2 Å². The first-order valence-electron chi connectivity index (χ1n) is 9.51. The molecule has 0 radical (unpaired) electrons. The average molecular weight is 455 g/mol. The number of rotatable bonds is 6. The monoisotopic (exact) mass is 455 g/mol. The average Bonchev–Trinajstić information content (AvgIpc) is 3.16. The van der Waals surface area contributed by atoms with Crippen LogP contribution in [-0.2, 0) is 27.0 Å². The molecule has 174 valence electrons. The first-order valence-corrected chi connectivity index (χ1v) is 9.51. The number of nitrogen functional groups attached to an aromatic ring is 1. The molecular weight excluding hydrogens is 431 g/mol. The first-order chi connectivity index (χ1) is 14.7. The van der Waals surface area contributed by atoms with E-state index in [-0.39, 0.29) is 12.2 Å². The second-order valence-electron chi connectivity index (χ2n) is 7.94. The Kier molecular flexibility index (Phi) is 7.29. The third-order valence-corrected chi connectivity index (χ3v) is 4.14. The Labute approximate surface area is 182 Å². The number of aromatic nitrogens is 2. The maximum absolute atomic E-state index is 13.1. The van der Waals surface area contributed by atoms with E-state index in [1.807, 2.05) is 0 Å². The quantitative estimate of drug-likeness (QED) is 0.201. The van der Waals surface area contributed by atoms with Gasteiger partial charge in [0.15, 0.2) is 5.69 Å². The Balaban J connectivity index is 2.21. The number of alkyl halides is 3. The van der Waals surface area contributed by atoms with Crippen molar-refractivity contribution in [3.05, 3.63) is 47.3 Å². The zero-order chi connectivity index (χ0) is 24.3. The van der Waals surface area contributed by atoms with E-state index in [1.165, 1.54) is 25.1 Å². The van der Waals surface area contributed by atoms with Crippen molar-refractivity contribution in [2.75, 3.05) is 0 Å². The number of halogens is 3. The fourth-order valence-electron chi connectivity index (χ4n) is 2.59. The summed E-state index contributed by atoms with van der Waals surface area (Å²) in [4.78, 5) is 36.2. The summed E-state index contributed by atoms with van der Waals surface area (Å²) in [5, 5.41) is 6.04. The Morgan fingerprint density at radius 1 is 1.19 bits per heavy atom. The second-order valence-corrected chi connectivity index (χ2v) is 7.94. The second kappa shape index (κ2) is 9.39. The normalized spacial score (nSPS) is 12.8. The molecule has 0 spiro atoms. The van der Waals surface area contributed by atoms with Crippen LogP contribution in [-0.4, -0.2) is 33.2 Å². The molecule has 0 aliphatic rings. The smallest absolute Gasteiger partial charge is 0.435 e. The molecule has 0 bridgehead atoms. The fraction of sp³-hybridized carbons (Fsp3) is 0.400. The minimum Gasteiger partial charge on any atom is -0.459 e. The van der Waals surface area contributed by atoms with Crippen LogP contribution in [0.2, 0.25) is 0 Å². The highest BCUT2D eigenvalue weighted by molar-refractivity contribution is 5.97. The van der Waals surface area contributed by atoms with Gasteiger partial charge in [-0.05, 0) is 45.4 Å². The van der Waals surface area contributed by atoms with Crippen molar-refractivity contribution in [1.29, 1.82) is 0 Å². The zero-order valence-electron chi connectivity index (χ0n) is 17.9. The standard InChI is InChI=1S/C20H24F3N5O4/c1-11(18(31)32-19(2,3)4)16(29)25-10-12-6-5-7-13(8-12)28-14(17(30)26-24)9-15(27-28)20(21,22)23/h5-9,11H,10,24H2,1-4H3,(H,25,29)(H,26,30). The van der Waals surface area contributed by atoms with E-state index >= 15 is 0 Å². The lowest BCUT2D eigenvalue weighted by Crippen LogP contribution is -2.37. The molecule has 4 N–H and O–H groups in total. The van der Waals surface area contributed by atoms with Crippen molar-refractivity contribution in [1.82, 2.24) is 20.5 Å². The Morgan fingerprint density at radius 3 is 2.41 bits per heavy atom. The summed E-state index contributed by atoms with van der Waals surface area (Å²) in [5.74, 6) is 1.79. The van der Waals surface area contributed by atoms with Crippen LogP contribution in [0.4, 0.5) is 13.2 Å². The van der Waals surface area contributed by atoms with E-state index in [0.29, 0.717) is 11.6 Å². The van der Waals surface area contributed by atoms with E-state index in [9.17, 15) is 27.6 Å². The molecule has 1 atom stereocenters. The minimum absolute atomic E-state index is 0.0222. The number of amides is 2. The number of hydrazine groups is 1. The fourth-order valence-corrected chi connectivity index (χ4v) is 2.59. The van der Waals surface area contributed by atoms with Gasteiger partial charge in [0, 0.05) is 12.6 Å². The number of ether oxygens (including phenoxy) is 1. The predicted octanol–water partition coefficient (Wildman–Crippen LogP) is 2.09. The molecule has 1 aromatic heterocycles. The highest BCUT2D eigenvalue weighted by atomic mass is 19.4. The largest absolute Gasteiger partial charge is 0.459 e. The number of nitrogens with zero attached hydrogens (tertiary/aromatic N) is 2. The van der Waals surface area contributed by atoms with Gasteiger partial charge < -0.3 is 10.1 Å². The van der Waals surface area contributed by atoms with Gasteiger partial charge >= 0.3 is 12.1 Å². The van der Waals surface area contributed by atoms with E-state index in [4.69, 9.17) is 10.6 Å². The number of nitrogens with one attached hydrogen (secondary N) is 2. The molecule has 2 amide bonds. The van der Waals surface area contributed by atoms with Gasteiger partial charge in [-0.3, -0.25) is 19.8 Å². The molecule has 1 heterocycles. The van der Waals surface area contributed by atoms with Crippen LogP contribution < -0.4 is 16.6 Å². The van der Waals surface area contributed by atoms with Gasteiger partial charge in [-0.1, -0.05) is 12.1 Å². The van der Waals surface area contributed by atoms with E-state index in [1.54, 1.807) is 32.3 Å². The molecule has 0 fully saturated rings. The maximum Gasteiger partial charge on any atom is 0.435 e. The molecule has 0 saturated carbocycles. The maximum atomic E-state index is 13.1. The summed E-state index contributed by atoms with van der Waals surface area (Å²) >= 11 is 0. The van der Waals surface area contributed by atoms with Gasteiger partial charge in [0.05, 0.1) is 5.69 Å². The third-order valence-electron chi connectivity index (χ3n) is 4.14. The first kappa shape index (κ1) is 24.9. The van der Waals surface area contributed by atoms with Crippen LogP contribution in [0.15, 0.2) is 30.3 Å². The number of carbonyl (C=O) groups is 3. The van der Waals surface area contributed by atoms with Crippen LogP contribution >= 0.6 is 0 Å². The molecule has 2 rings (SSSR count). The van der Waals surface area contributed by atoms with Gasteiger partial charge in [0.2, 0.25) is 5.91 Å². The summed E-state index contributed by atoms with van der Waals surface area (Å²) in [6.07, 6.45) is -4.77. The Hall–Kier alpha value is -3.41. The van der Waals surface area contributed by atoms with Crippen molar-refractivity contribution in [3.8, 4) is 5.69 Å². The third kappa shape index (κ3) is 6.30. The molecule has 2 aromatic rings. The summed E-state index contributed by atoms with van der Waals surface area (Å²) in [5.41, 5.74) is -0.00131. The zero-order valence-corrected chi connectivity index (χ0v) is 17.9. The number of nitrogens with two attached hydrogens (primary N) is 1. The van der Waals surface area contributed by atoms with Crippen molar-refractivity contribution in [2.24, 2.45) is 11.8 Å². The summed E-state index contributed by atoms with van der Waals surface area (Å²) < 4.78 is 45.2. The summed E-state index contributed by atoms with van der Waals surface area (Å²) in [6, 6.07) is 6.60. The van der Waals surface area contributed by atoms with Gasteiger partial charge in [-0.25, -0.2) is 10.5 Å². The SMILES string of the molecule is CC(C(=O)NCc1cccc(-n2nc(C(F)(F)F)cc2C(=O)NN)c1)C(=O)OC(C)(C)C. The molecular formula is C20H24F3N5O4. The minimum atomic E-state index is -4.77. The number of carbonyl (C=O) groups excluding carboxylic acids is 3. The highest BCUT2D eigenvalue weighted by Crippen LogP contribution is 2.29. The lowest BCUT2D eigenvalue weighted by Gasteiger charge is -2.22. The van der Waals surface area contributed by atoms with Crippen LogP contribution in [0.25, 0.3) is 5.69 Å². The highest BCUT2D eigenvalue weighted by Gasteiger charge is 2.36. The topological polar surface area (TPSA) is 128 Å². The summed E-state index contributed by atoms with van der Waals surface area (Å²) in [6.45, 7) is 6.42. The molecule has 1 unspecified atom stereocenters. The number of hydrogen-bond acceptors (Lipinski definition) is 6. The van der Waals surface area contributed by atoms with Crippen molar-refractivity contribution < 1.29 is 32.3 Å². The molecule has 0 aliphatic carbocycles. The molecule has 9 nitrogen and oxygen atoms in total. The molecule has 32 heavy (non-hydrogen) atoms. The van der Waals surface area contributed by atoms with Gasteiger partial charge in [0.25, 0.3) is 5.91 Å². The lowest BCUT2D eigenvalue weighted by atomic mass is 10.1. The van der Waals surface area contributed by atoms with Crippen LogP contribution in [0.5, 0.6) is 0 Å². The van der Waals surface area contributed by atoms with Crippen molar-refractivity contribution in [3.63, 3.8) is 0 Å². The molecule has 1 aromatic carbocycles. The Bertz CT molecular complexity index is 1010. The van der Waals surface area contributed by atoms with Gasteiger partial charge in [-0.15, -0.1) is 0 Å². The summed E-state index contributed by atoms with van der Waals surface area (Å²) in [7, 11) is 0. The lowest BCUT2D eigenvalue weighted by molar-refractivity contribution is -0.161. The van der Waals surface area contributed by atoms with E-state index in [2.05, 4.69) is 10.4 Å². The molecule has 12 heteroatoms. The van der Waals surface area contributed by atoms with Crippen LogP contribution in [0.1, 0.15) is 49.4 Å². The number of hydrogen-bond donors (Lipinski definition) is 3. The van der Waals surface area contributed by atoms with Crippen LogP contribution in [0.3, 0.4) is 0 Å². The molecule has 0 aliphatic heterocycles. The Morgan fingerprint density at radius 2 is 1.84 bits per heavy atom. The number of esters is 1. The van der Waals surface area contributed by atoms with E-state index < -0.39 is 46.9 Å². The van der Waals surface area contributed by atoms with Crippen molar-refractivity contribution in [2.45, 2.75) is 46.0 Å². The van der Waals surface area contributed by atoms with E-state index in [0.717, 1.165) is 4.68 Å². The number of benzene rings is 1. The predicted molar refractivity (Wildman–Crippen MR) is 107 cm³/mol. The van der Waals surface area contributed by atoms with Crippen LogP contribution in [0, 0.1) is 5.92 Å².